The van der Waals surface area contributed by atoms with Gasteiger partial charge >= 0.3 is 5.97 Å². The van der Waals surface area contributed by atoms with E-state index in [-0.39, 0.29) is 5.97 Å². The smallest absolute Gasteiger partial charge is 0.333 e. The average Bonchev–Trinajstić information content (AvgIpc) is 1.84. The fourth-order valence-corrected chi connectivity index (χ4v) is 0.399. The lowest BCUT2D eigenvalue weighted by Gasteiger charge is -2.09. The molecule has 0 unspecified atom stereocenters. The molecule has 0 amide bonds. The zero-order valence-corrected chi connectivity index (χ0v) is 7.76. The molecule has 0 spiro atoms. The van der Waals surface area contributed by atoms with Gasteiger partial charge in [-0.1, -0.05) is 6.58 Å². The first-order valence-corrected chi connectivity index (χ1v) is 4.08. The van der Waals surface area contributed by atoms with Crippen LogP contribution in [0.1, 0.15) is 20.3 Å². The van der Waals surface area contributed by atoms with E-state index in [1.165, 1.54) is 6.42 Å². The summed E-state index contributed by atoms with van der Waals surface area (Å²) in [5.41, 5.74) is 0.451. The quantitative estimate of drug-likeness (QED) is 0.468. The van der Waals surface area contributed by atoms with Gasteiger partial charge in [0, 0.05) is 18.8 Å². The van der Waals surface area contributed by atoms with Gasteiger partial charge in [-0.3, -0.25) is 0 Å². The van der Waals surface area contributed by atoms with E-state index in [0.717, 1.165) is 13.2 Å². The maximum atomic E-state index is 10.4. The highest BCUT2D eigenvalue weighted by atomic mass is 16.5. The largest absolute Gasteiger partial charge is 0.463 e. The Balaban J connectivity index is 0.000000247. The van der Waals surface area contributed by atoms with E-state index < -0.39 is 0 Å². The number of carbonyl (C=O) groups excluding carboxylic acids is 1. The molecule has 0 aromatic carbocycles. The van der Waals surface area contributed by atoms with Crippen LogP contribution in [0.25, 0.3) is 0 Å². The summed E-state index contributed by atoms with van der Waals surface area (Å²) in [5.74, 6) is -0.312. The Bertz CT molecular complexity index is 144. The van der Waals surface area contributed by atoms with E-state index in [4.69, 9.17) is 4.74 Å². The molecule has 1 fully saturated rings. The third-order valence-corrected chi connectivity index (χ3v) is 1.20. The van der Waals surface area contributed by atoms with Gasteiger partial charge in [0.1, 0.15) is 0 Å². The number of esters is 1. The molecule has 0 bridgehead atoms. The van der Waals surface area contributed by atoms with Crippen LogP contribution in [0.5, 0.6) is 0 Å². The molecule has 1 heterocycles. The van der Waals surface area contributed by atoms with Crippen LogP contribution in [0.15, 0.2) is 12.2 Å². The minimum atomic E-state index is -0.312. The number of ether oxygens (including phenoxy) is 2. The van der Waals surface area contributed by atoms with Crippen LogP contribution in [-0.2, 0) is 14.3 Å². The molecule has 1 aliphatic heterocycles. The molecule has 1 rings (SSSR count). The Kier molecular flexibility index (Phi) is 6.38. The Morgan fingerprint density at radius 1 is 1.58 bits per heavy atom. The lowest BCUT2D eigenvalue weighted by Crippen LogP contribution is -2.09. The summed E-state index contributed by atoms with van der Waals surface area (Å²) in [5, 5.41) is 0. The van der Waals surface area contributed by atoms with Crippen molar-refractivity contribution in [3.05, 3.63) is 12.2 Å². The van der Waals surface area contributed by atoms with E-state index in [1.54, 1.807) is 13.8 Å². The van der Waals surface area contributed by atoms with Gasteiger partial charge in [-0.2, -0.15) is 0 Å². The molecule has 0 N–H and O–H groups in total. The molecule has 3 heteroatoms. The minimum Gasteiger partial charge on any atom is -0.463 e. The van der Waals surface area contributed by atoms with Crippen LogP contribution in [0.2, 0.25) is 0 Å². The van der Waals surface area contributed by atoms with E-state index >= 15 is 0 Å². The van der Waals surface area contributed by atoms with Gasteiger partial charge in [-0.05, 0) is 20.3 Å². The second-order valence-corrected chi connectivity index (χ2v) is 2.47. The summed E-state index contributed by atoms with van der Waals surface area (Å²) >= 11 is 0. The van der Waals surface area contributed by atoms with Gasteiger partial charge in [0.25, 0.3) is 0 Å². The second-order valence-electron chi connectivity index (χ2n) is 2.47. The van der Waals surface area contributed by atoms with Gasteiger partial charge in [0.05, 0.1) is 6.61 Å². The van der Waals surface area contributed by atoms with Crippen LogP contribution < -0.4 is 0 Å². The molecule has 12 heavy (non-hydrogen) atoms. The normalized spacial score (nSPS) is 13.5. The SMILES string of the molecule is C1COC1.C=C(C)C(=O)OCC. The fourth-order valence-electron chi connectivity index (χ4n) is 0.399. The van der Waals surface area contributed by atoms with Crippen molar-refractivity contribution in [1.29, 1.82) is 0 Å². The van der Waals surface area contributed by atoms with Crippen LogP contribution in [0.3, 0.4) is 0 Å². The predicted molar refractivity (Wildman–Crippen MR) is 46.9 cm³/mol. The summed E-state index contributed by atoms with van der Waals surface area (Å²) in [6.45, 7) is 9.21. The summed E-state index contributed by atoms with van der Waals surface area (Å²) in [4.78, 5) is 10.4. The van der Waals surface area contributed by atoms with E-state index in [1.807, 2.05) is 0 Å². The van der Waals surface area contributed by atoms with Gasteiger partial charge in [0.2, 0.25) is 0 Å². The molecule has 3 nitrogen and oxygen atoms in total. The molecule has 1 aliphatic rings. The predicted octanol–water partition coefficient (Wildman–Crippen LogP) is 1.53. The van der Waals surface area contributed by atoms with Gasteiger partial charge in [-0.25, -0.2) is 4.79 Å². The Labute approximate surface area is 73.4 Å². The molecule has 0 aliphatic carbocycles. The summed E-state index contributed by atoms with van der Waals surface area (Å²) < 4.78 is 9.29. The molecule has 0 atom stereocenters. The lowest BCUT2D eigenvalue weighted by molar-refractivity contribution is -0.138. The maximum absolute atomic E-state index is 10.4. The number of hydrogen-bond donors (Lipinski definition) is 0. The van der Waals surface area contributed by atoms with Gasteiger partial charge in [0.15, 0.2) is 0 Å². The molecule has 70 valence electrons. The Hall–Kier alpha value is -0.830. The third-order valence-electron chi connectivity index (χ3n) is 1.20. The zero-order valence-electron chi connectivity index (χ0n) is 7.76. The highest BCUT2D eigenvalue weighted by molar-refractivity contribution is 5.86. The van der Waals surface area contributed by atoms with Gasteiger partial charge in [-0.15, -0.1) is 0 Å². The third kappa shape index (κ3) is 5.92. The molecule has 0 aromatic rings. The average molecular weight is 172 g/mol. The molecular weight excluding hydrogens is 156 g/mol. The molecular formula is C9H16O3. The molecule has 0 radical (unpaired) electrons. The highest BCUT2D eigenvalue weighted by Crippen LogP contribution is 1.93. The van der Waals surface area contributed by atoms with Crippen LogP contribution >= 0.6 is 0 Å². The first-order chi connectivity index (χ1) is 5.68. The monoisotopic (exact) mass is 172 g/mol. The van der Waals surface area contributed by atoms with Crippen LogP contribution in [-0.4, -0.2) is 25.8 Å². The molecule has 1 saturated heterocycles. The Morgan fingerprint density at radius 2 is 2.00 bits per heavy atom. The zero-order chi connectivity index (χ0) is 9.40. The maximum Gasteiger partial charge on any atom is 0.333 e. The van der Waals surface area contributed by atoms with Crippen molar-refractivity contribution in [2.45, 2.75) is 20.3 Å². The van der Waals surface area contributed by atoms with Gasteiger partial charge < -0.3 is 9.47 Å². The molecule has 0 saturated carbocycles. The fraction of sp³-hybridized carbons (Fsp3) is 0.667. The van der Waals surface area contributed by atoms with Crippen molar-refractivity contribution in [3.63, 3.8) is 0 Å². The van der Waals surface area contributed by atoms with Crippen LogP contribution in [0, 0.1) is 0 Å². The van der Waals surface area contributed by atoms with Crippen molar-refractivity contribution in [2.24, 2.45) is 0 Å². The Morgan fingerprint density at radius 3 is 2.08 bits per heavy atom. The van der Waals surface area contributed by atoms with E-state index in [0.29, 0.717) is 12.2 Å². The first kappa shape index (κ1) is 11.2. The summed E-state index contributed by atoms with van der Waals surface area (Å²) in [7, 11) is 0. The highest BCUT2D eigenvalue weighted by Gasteiger charge is 1.98. The van der Waals surface area contributed by atoms with Crippen molar-refractivity contribution < 1.29 is 14.3 Å². The summed E-state index contributed by atoms with van der Waals surface area (Å²) in [6, 6.07) is 0. The molecule has 0 aromatic heterocycles. The topological polar surface area (TPSA) is 35.5 Å². The minimum absolute atomic E-state index is 0.312. The first-order valence-electron chi connectivity index (χ1n) is 4.08. The van der Waals surface area contributed by atoms with E-state index in [2.05, 4.69) is 11.3 Å². The van der Waals surface area contributed by atoms with Crippen molar-refractivity contribution in [1.82, 2.24) is 0 Å². The number of rotatable bonds is 2. The van der Waals surface area contributed by atoms with Crippen LogP contribution in [0.4, 0.5) is 0 Å². The second kappa shape index (κ2) is 6.85. The number of carbonyl (C=O) groups is 1. The summed E-state index contributed by atoms with van der Waals surface area (Å²) in [6.07, 6.45) is 1.28. The van der Waals surface area contributed by atoms with Crippen molar-refractivity contribution >= 4 is 5.97 Å². The van der Waals surface area contributed by atoms with Crippen molar-refractivity contribution in [2.75, 3.05) is 19.8 Å². The van der Waals surface area contributed by atoms with E-state index in [9.17, 15) is 4.79 Å². The lowest BCUT2D eigenvalue weighted by atomic mass is 10.4. The standard InChI is InChI=1S/C6H10O2.C3H6O/c1-4-8-6(7)5(2)3;1-2-4-3-1/h2,4H2,1,3H3;1-3H2. The number of hydrogen-bond acceptors (Lipinski definition) is 3. The van der Waals surface area contributed by atoms with Crippen molar-refractivity contribution in [3.8, 4) is 0 Å².